The molecule has 0 aliphatic carbocycles. The van der Waals surface area contributed by atoms with Crippen molar-refractivity contribution in [2.75, 3.05) is 20.8 Å². The highest BCUT2D eigenvalue weighted by molar-refractivity contribution is 5.00. The average molecular weight is 285 g/mol. The van der Waals surface area contributed by atoms with Crippen molar-refractivity contribution in [1.82, 2.24) is 4.90 Å². The molecule has 1 rings (SSSR count). The summed E-state index contributed by atoms with van der Waals surface area (Å²) in [5.41, 5.74) is 0. The van der Waals surface area contributed by atoms with Gasteiger partial charge in [-0.2, -0.15) is 0 Å². The summed E-state index contributed by atoms with van der Waals surface area (Å²) in [6, 6.07) is 1.14. The average Bonchev–Trinajstić information content (AvgIpc) is 2.47. The fourth-order valence-corrected chi connectivity index (χ4v) is 4.24. The summed E-state index contributed by atoms with van der Waals surface area (Å²) >= 11 is 0. The molecule has 3 nitrogen and oxygen atoms in total. The summed E-state index contributed by atoms with van der Waals surface area (Å²) in [5.74, 6) is 0.581. The lowest BCUT2D eigenvalue weighted by Crippen LogP contribution is -2.64. The van der Waals surface area contributed by atoms with Crippen molar-refractivity contribution in [2.45, 2.75) is 84.1 Å². The normalized spacial score (nSPS) is 35.4. The Bertz CT molecular complexity index is 237. The van der Waals surface area contributed by atoms with Crippen LogP contribution in [0.15, 0.2) is 0 Å². The van der Waals surface area contributed by atoms with Crippen LogP contribution < -0.4 is 0 Å². The minimum atomic E-state index is 0.206. The Morgan fingerprint density at radius 1 is 0.800 bits per heavy atom. The second kappa shape index (κ2) is 9.01. The first-order valence-corrected chi connectivity index (χ1v) is 8.51. The van der Waals surface area contributed by atoms with Crippen LogP contribution in [0.3, 0.4) is 0 Å². The van der Waals surface area contributed by atoms with E-state index in [4.69, 9.17) is 9.47 Å². The van der Waals surface area contributed by atoms with E-state index in [9.17, 15) is 0 Å². The van der Waals surface area contributed by atoms with Gasteiger partial charge >= 0.3 is 0 Å². The van der Waals surface area contributed by atoms with Gasteiger partial charge in [-0.25, -0.2) is 0 Å². The third kappa shape index (κ3) is 3.55. The second-order valence-corrected chi connectivity index (χ2v) is 6.02. The van der Waals surface area contributed by atoms with Gasteiger partial charge in [0.05, 0.1) is 12.2 Å². The van der Waals surface area contributed by atoms with Gasteiger partial charge in [0.2, 0.25) is 0 Å². The van der Waals surface area contributed by atoms with Gasteiger partial charge in [-0.3, -0.25) is 4.90 Å². The molecule has 0 spiro atoms. The standard InChI is InChI=1S/C17H35NO2/c1-7-11-14-13(9-3)16(19-5)17(20-6)15(12-8-2)18(14)10-4/h13-17H,7-12H2,1-6H3. The number of piperidine rings is 1. The molecule has 0 aromatic rings. The molecule has 20 heavy (non-hydrogen) atoms. The molecule has 0 saturated carbocycles. The van der Waals surface area contributed by atoms with E-state index >= 15 is 0 Å². The van der Waals surface area contributed by atoms with Crippen molar-refractivity contribution in [3.8, 4) is 0 Å². The molecule has 0 bridgehead atoms. The number of methoxy groups -OCH3 is 2. The van der Waals surface area contributed by atoms with Crippen molar-refractivity contribution < 1.29 is 9.47 Å². The van der Waals surface area contributed by atoms with Crippen molar-refractivity contribution in [1.29, 1.82) is 0 Å². The van der Waals surface area contributed by atoms with Gasteiger partial charge in [0.25, 0.3) is 0 Å². The largest absolute Gasteiger partial charge is 0.378 e. The lowest BCUT2D eigenvalue weighted by Gasteiger charge is -2.53. The Morgan fingerprint density at radius 2 is 1.35 bits per heavy atom. The molecule has 120 valence electrons. The molecule has 0 amide bonds. The Labute approximate surface area is 126 Å². The fraction of sp³-hybridized carbons (Fsp3) is 1.00. The monoisotopic (exact) mass is 285 g/mol. The van der Waals surface area contributed by atoms with Crippen molar-refractivity contribution in [2.24, 2.45) is 5.92 Å². The Morgan fingerprint density at radius 3 is 1.75 bits per heavy atom. The molecule has 1 aliphatic rings. The van der Waals surface area contributed by atoms with E-state index in [0.29, 0.717) is 18.0 Å². The van der Waals surface area contributed by atoms with E-state index in [-0.39, 0.29) is 12.2 Å². The number of nitrogens with zero attached hydrogens (tertiary/aromatic N) is 1. The van der Waals surface area contributed by atoms with Crippen LogP contribution in [-0.2, 0) is 9.47 Å². The number of ether oxygens (including phenoxy) is 2. The SMILES string of the molecule is CCCC1C(CC)C(OC)C(OC)C(CCC)N1CC. The van der Waals surface area contributed by atoms with Crippen LogP contribution in [0.1, 0.15) is 59.8 Å². The third-order valence-electron chi connectivity index (χ3n) is 5.02. The molecule has 1 heterocycles. The topological polar surface area (TPSA) is 21.7 Å². The summed E-state index contributed by atoms with van der Waals surface area (Å²) in [4.78, 5) is 2.70. The molecule has 0 aromatic carbocycles. The van der Waals surface area contributed by atoms with E-state index in [0.717, 1.165) is 6.54 Å². The highest BCUT2D eigenvalue weighted by Gasteiger charge is 2.47. The lowest BCUT2D eigenvalue weighted by atomic mass is 9.76. The van der Waals surface area contributed by atoms with Gasteiger partial charge < -0.3 is 9.47 Å². The maximum atomic E-state index is 5.89. The number of hydrogen-bond donors (Lipinski definition) is 0. The molecule has 1 saturated heterocycles. The summed E-state index contributed by atoms with van der Waals surface area (Å²) in [6.07, 6.45) is 6.51. The highest BCUT2D eigenvalue weighted by Crippen LogP contribution is 2.37. The number of likely N-dealkylation sites (N-methyl/N-ethyl adjacent to an activating group) is 1. The van der Waals surface area contributed by atoms with Gasteiger partial charge in [-0.15, -0.1) is 0 Å². The van der Waals surface area contributed by atoms with E-state index in [1.807, 2.05) is 14.2 Å². The van der Waals surface area contributed by atoms with Crippen LogP contribution in [0.5, 0.6) is 0 Å². The number of rotatable bonds is 8. The molecular weight excluding hydrogens is 250 g/mol. The van der Waals surface area contributed by atoms with Crippen molar-refractivity contribution >= 4 is 0 Å². The molecule has 1 aliphatic heterocycles. The Hall–Kier alpha value is -0.120. The van der Waals surface area contributed by atoms with Crippen molar-refractivity contribution in [3.63, 3.8) is 0 Å². The van der Waals surface area contributed by atoms with E-state index in [1.54, 1.807) is 0 Å². The third-order valence-corrected chi connectivity index (χ3v) is 5.02. The van der Waals surface area contributed by atoms with Crippen LogP contribution in [0.4, 0.5) is 0 Å². The second-order valence-electron chi connectivity index (χ2n) is 6.02. The maximum absolute atomic E-state index is 5.89. The summed E-state index contributed by atoms with van der Waals surface area (Å²) in [6.45, 7) is 10.3. The van der Waals surface area contributed by atoms with Crippen LogP contribution >= 0.6 is 0 Å². The maximum Gasteiger partial charge on any atom is 0.0990 e. The smallest absolute Gasteiger partial charge is 0.0990 e. The highest BCUT2D eigenvalue weighted by atomic mass is 16.5. The minimum absolute atomic E-state index is 0.206. The molecule has 0 N–H and O–H groups in total. The molecule has 5 atom stereocenters. The van der Waals surface area contributed by atoms with Gasteiger partial charge in [0, 0.05) is 32.2 Å². The van der Waals surface area contributed by atoms with Gasteiger partial charge in [-0.05, 0) is 25.8 Å². The molecule has 0 radical (unpaired) electrons. The Balaban J connectivity index is 3.09. The van der Waals surface area contributed by atoms with Crippen LogP contribution in [0, 0.1) is 5.92 Å². The van der Waals surface area contributed by atoms with Crippen molar-refractivity contribution in [3.05, 3.63) is 0 Å². The van der Waals surface area contributed by atoms with E-state index in [1.165, 1.54) is 32.1 Å². The summed E-state index contributed by atoms with van der Waals surface area (Å²) in [7, 11) is 3.70. The Kier molecular flexibility index (Phi) is 8.08. The quantitative estimate of drug-likeness (QED) is 0.678. The molecular formula is C17H35NO2. The van der Waals surface area contributed by atoms with Gasteiger partial charge in [0.15, 0.2) is 0 Å². The molecule has 5 unspecified atom stereocenters. The first-order valence-electron chi connectivity index (χ1n) is 8.51. The zero-order valence-electron chi connectivity index (χ0n) is 14.4. The zero-order chi connectivity index (χ0) is 15.1. The van der Waals surface area contributed by atoms with E-state index < -0.39 is 0 Å². The molecule has 3 heteroatoms. The van der Waals surface area contributed by atoms with Gasteiger partial charge in [0.1, 0.15) is 0 Å². The molecule has 0 aromatic heterocycles. The van der Waals surface area contributed by atoms with Gasteiger partial charge in [-0.1, -0.05) is 40.5 Å². The minimum Gasteiger partial charge on any atom is -0.378 e. The summed E-state index contributed by atoms with van der Waals surface area (Å²) < 4.78 is 11.8. The van der Waals surface area contributed by atoms with Crippen LogP contribution in [-0.4, -0.2) is 50.0 Å². The van der Waals surface area contributed by atoms with Crippen LogP contribution in [0.25, 0.3) is 0 Å². The first-order chi connectivity index (χ1) is 9.69. The number of hydrogen-bond acceptors (Lipinski definition) is 3. The summed E-state index contributed by atoms with van der Waals surface area (Å²) in [5, 5.41) is 0. The number of likely N-dealkylation sites (tertiary alicyclic amines) is 1. The zero-order valence-corrected chi connectivity index (χ0v) is 14.4. The van der Waals surface area contributed by atoms with Crippen LogP contribution in [0.2, 0.25) is 0 Å². The molecule has 1 fully saturated rings. The first kappa shape index (κ1) is 17.9. The van der Waals surface area contributed by atoms with E-state index in [2.05, 4.69) is 32.6 Å². The fourth-order valence-electron chi connectivity index (χ4n) is 4.24. The predicted molar refractivity (Wildman–Crippen MR) is 85.1 cm³/mol. The lowest BCUT2D eigenvalue weighted by molar-refractivity contribution is -0.161. The predicted octanol–water partition coefficient (Wildman–Crippen LogP) is 3.72.